The zero-order valence-corrected chi connectivity index (χ0v) is 18.1. The fourth-order valence-electron chi connectivity index (χ4n) is 4.24. The van der Waals surface area contributed by atoms with Crippen molar-refractivity contribution in [3.05, 3.63) is 36.0 Å². The lowest BCUT2D eigenvalue weighted by molar-refractivity contribution is -0.138. The maximum Gasteiger partial charge on any atom is 0.418 e. The minimum atomic E-state index is -4.50. The van der Waals surface area contributed by atoms with Crippen molar-refractivity contribution in [2.24, 2.45) is 0 Å². The number of pyridine rings is 1. The van der Waals surface area contributed by atoms with Gasteiger partial charge in [0.1, 0.15) is 0 Å². The lowest BCUT2D eigenvalue weighted by Gasteiger charge is -2.38. The van der Waals surface area contributed by atoms with E-state index in [1.54, 1.807) is 12.1 Å². The second-order valence-electron chi connectivity index (χ2n) is 8.32. The molecule has 1 N–H and O–H groups in total. The van der Waals surface area contributed by atoms with Crippen molar-refractivity contribution in [2.45, 2.75) is 31.3 Å². The Bertz CT molecular complexity index is 971. The molecule has 1 amide bonds. The number of amides is 1. The van der Waals surface area contributed by atoms with Crippen molar-refractivity contribution < 1.29 is 27.4 Å². The molecule has 2 fully saturated rings. The van der Waals surface area contributed by atoms with Crippen LogP contribution in [0.2, 0.25) is 0 Å². The number of fused-ring (bicyclic) bond motifs is 1. The van der Waals surface area contributed by atoms with Gasteiger partial charge in [0.05, 0.1) is 43.0 Å². The van der Waals surface area contributed by atoms with Crippen LogP contribution in [0.4, 0.5) is 18.9 Å². The van der Waals surface area contributed by atoms with E-state index in [9.17, 15) is 18.0 Å². The Balaban J connectivity index is 1.52. The Kier molecular flexibility index (Phi) is 6.55. The Labute approximate surface area is 184 Å². The number of ether oxygens (including phenoxy) is 2. The van der Waals surface area contributed by atoms with Crippen LogP contribution in [0.1, 0.15) is 12.5 Å². The summed E-state index contributed by atoms with van der Waals surface area (Å²) in [5.74, 6) is -0.241. The van der Waals surface area contributed by atoms with Crippen LogP contribution in [0.3, 0.4) is 0 Å². The van der Waals surface area contributed by atoms with Crippen molar-refractivity contribution in [3.63, 3.8) is 0 Å². The van der Waals surface area contributed by atoms with Crippen molar-refractivity contribution in [3.8, 4) is 0 Å². The van der Waals surface area contributed by atoms with Gasteiger partial charge in [-0.3, -0.25) is 14.7 Å². The van der Waals surface area contributed by atoms with E-state index in [-0.39, 0.29) is 30.1 Å². The number of anilines is 1. The first-order valence-corrected chi connectivity index (χ1v) is 10.6. The number of alkyl halides is 3. The molecule has 7 nitrogen and oxygen atoms in total. The van der Waals surface area contributed by atoms with Crippen LogP contribution in [0.15, 0.2) is 30.5 Å². The van der Waals surface area contributed by atoms with Gasteiger partial charge in [-0.15, -0.1) is 0 Å². The average molecular weight is 452 g/mol. The highest BCUT2D eigenvalue weighted by molar-refractivity contribution is 5.94. The van der Waals surface area contributed by atoms with E-state index in [4.69, 9.17) is 9.47 Å². The Morgan fingerprint density at radius 3 is 2.84 bits per heavy atom. The van der Waals surface area contributed by atoms with Crippen molar-refractivity contribution in [2.75, 3.05) is 51.3 Å². The van der Waals surface area contributed by atoms with E-state index >= 15 is 0 Å². The van der Waals surface area contributed by atoms with Crippen LogP contribution >= 0.6 is 0 Å². The van der Waals surface area contributed by atoms with Gasteiger partial charge >= 0.3 is 6.18 Å². The Morgan fingerprint density at radius 1 is 1.28 bits per heavy atom. The lowest BCUT2D eigenvalue weighted by atomic mass is 10.0. The topological polar surface area (TPSA) is 66.9 Å². The molecular weight excluding hydrogens is 425 g/mol. The molecule has 2 aromatic rings. The van der Waals surface area contributed by atoms with Crippen molar-refractivity contribution >= 4 is 22.5 Å². The fraction of sp³-hybridized carbons (Fsp3) is 0.545. The molecule has 0 bridgehead atoms. The number of likely N-dealkylation sites (N-methyl/N-ethyl adjacent to an activating group) is 1. The number of rotatable bonds is 4. The third kappa shape index (κ3) is 4.82. The van der Waals surface area contributed by atoms with Crippen LogP contribution in [0.5, 0.6) is 0 Å². The molecule has 2 saturated heterocycles. The molecule has 3 atom stereocenters. The quantitative estimate of drug-likeness (QED) is 0.768. The molecule has 0 saturated carbocycles. The summed E-state index contributed by atoms with van der Waals surface area (Å²) < 4.78 is 51.7. The Hall–Kier alpha value is -2.43. The summed E-state index contributed by atoms with van der Waals surface area (Å²) in [6.07, 6.45) is -4.15. The second-order valence-corrected chi connectivity index (χ2v) is 8.32. The van der Waals surface area contributed by atoms with E-state index in [0.717, 1.165) is 12.6 Å². The van der Waals surface area contributed by atoms with Gasteiger partial charge in [-0.1, -0.05) is 0 Å². The summed E-state index contributed by atoms with van der Waals surface area (Å²) in [5, 5.41) is 3.34. The molecule has 1 aromatic heterocycles. The van der Waals surface area contributed by atoms with Gasteiger partial charge in [0.15, 0.2) is 6.10 Å². The average Bonchev–Trinajstić information content (AvgIpc) is 2.76. The molecule has 1 aromatic carbocycles. The molecule has 0 spiro atoms. The maximum atomic E-state index is 13.4. The van der Waals surface area contributed by atoms with E-state index in [0.29, 0.717) is 37.4 Å². The molecule has 2 aliphatic heterocycles. The van der Waals surface area contributed by atoms with E-state index in [2.05, 4.69) is 15.2 Å². The number of nitrogens with zero attached hydrogens (tertiary/aromatic N) is 3. The van der Waals surface area contributed by atoms with Gasteiger partial charge in [-0.2, -0.15) is 13.2 Å². The van der Waals surface area contributed by atoms with Gasteiger partial charge in [0, 0.05) is 36.9 Å². The molecule has 0 radical (unpaired) electrons. The summed E-state index contributed by atoms with van der Waals surface area (Å²) in [6, 6.07) is 5.84. The lowest BCUT2D eigenvalue weighted by Crippen LogP contribution is -2.55. The molecule has 3 heterocycles. The highest BCUT2D eigenvalue weighted by Crippen LogP contribution is 2.38. The molecule has 0 aliphatic carbocycles. The smallest absolute Gasteiger partial charge is 0.378 e. The summed E-state index contributed by atoms with van der Waals surface area (Å²) in [6.45, 7) is 5.02. The zero-order valence-electron chi connectivity index (χ0n) is 18.1. The van der Waals surface area contributed by atoms with Gasteiger partial charge < -0.3 is 19.7 Å². The van der Waals surface area contributed by atoms with Crippen LogP contribution < -0.4 is 10.2 Å². The van der Waals surface area contributed by atoms with E-state index < -0.39 is 17.8 Å². The van der Waals surface area contributed by atoms with E-state index in [1.807, 2.05) is 18.9 Å². The summed E-state index contributed by atoms with van der Waals surface area (Å²) >= 11 is 0. The third-order valence-corrected chi connectivity index (χ3v) is 5.98. The molecule has 2 aliphatic rings. The van der Waals surface area contributed by atoms with Gasteiger partial charge in [0.2, 0.25) is 0 Å². The van der Waals surface area contributed by atoms with Crippen LogP contribution in [-0.2, 0) is 20.4 Å². The highest BCUT2D eigenvalue weighted by Gasteiger charge is 2.36. The largest absolute Gasteiger partial charge is 0.418 e. The number of hydrogen-bond donors (Lipinski definition) is 1. The first-order chi connectivity index (χ1) is 15.2. The molecule has 174 valence electrons. The monoisotopic (exact) mass is 452 g/mol. The number of carbonyl (C=O) groups excluding carboxylic acids is 1. The van der Waals surface area contributed by atoms with Crippen LogP contribution in [0, 0.1) is 0 Å². The predicted molar refractivity (Wildman–Crippen MR) is 114 cm³/mol. The fourth-order valence-corrected chi connectivity index (χ4v) is 4.24. The predicted octanol–water partition coefficient (Wildman–Crippen LogP) is 2.29. The number of hydrogen-bond acceptors (Lipinski definition) is 6. The SMILES string of the molecule is C[C@@H]1CN(c2ccc(C(F)(F)F)c3ncccc23)C[C@H](C(=O)NCC2COCCN2C)O1. The molecule has 1 unspecified atom stereocenters. The molecular formula is C22H27F3N4O3. The standard InChI is InChI=1S/C22H27F3N4O3/c1-14-11-29(12-19(32-14)21(30)27-10-15-13-31-9-8-28(15)2)18-6-5-17(22(23,24)25)20-16(18)4-3-7-26-20/h3-7,14-15,19H,8-13H2,1-2H3,(H,27,30)/t14-,15?,19-/m1/s1. The van der Waals surface area contributed by atoms with Gasteiger partial charge in [-0.25, -0.2) is 0 Å². The van der Waals surface area contributed by atoms with E-state index in [1.165, 1.54) is 12.3 Å². The molecule has 32 heavy (non-hydrogen) atoms. The molecule has 10 heteroatoms. The zero-order chi connectivity index (χ0) is 22.9. The summed E-state index contributed by atoms with van der Waals surface area (Å²) in [5.41, 5.74) is -0.265. The first kappa shape index (κ1) is 22.8. The number of nitrogens with one attached hydrogen (secondary N) is 1. The normalized spacial score (nSPS) is 25.2. The van der Waals surface area contributed by atoms with Crippen molar-refractivity contribution in [1.82, 2.24) is 15.2 Å². The minimum absolute atomic E-state index is 0.0924. The summed E-state index contributed by atoms with van der Waals surface area (Å²) in [4.78, 5) is 20.9. The number of morpholine rings is 2. The minimum Gasteiger partial charge on any atom is -0.378 e. The van der Waals surface area contributed by atoms with Gasteiger partial charge in [0.25, 0.3) is 5.91 Å². The second kappa shape index (κ2) is 9.21. The molecule has 4 rings (SSSR count). The van der Waals surface area contributed by atoms with Gasteiger partial charge in [-0.05, 0) is 38.2 Å². The van der Waals surface area contributed by atoms with Crippen molar-refractivity contribution in [1.29, 1.82) is 0 Å². The maximum absolute atomic E-state index is 13.4. The third-order valence-electron chi connectivity index (χ3n) is 5.98. The number of halogens is 3. The van der Waals surface area contributed by atoms with Crippen LogP contribution in [-0.4, -0.2) is 80.5 Å². The van der Waals surface area contributed by atoms with Crippen LogP contribution in [0.25, 0.3) is 10.9 Å². The highest BCUT2D eigenvalue weighted by atomic mass is 19.4. The Morgan fingerprint density at radius 2 is 2.09 bits per heavy atom. The summed E-state index contributed by atoms with van der Waals surface area (Å²) in [7, 11) is 1.99. The number of aromatic nitrogens is 1. The first-order valence-electron chi connectivity index (χ1n) is 10.6. The number of carbonyl (C=O) groups is 1. The number of benzene rings is 1.